The Morgan fingerprint density at radius 2 is 1.70 bits per heavy atom. The van der Waals surface area contributed by atoms with Gasteiger partial charge in [-0.15, -0.1) is 0 Å². The van der Waals surface area contributed by atoms with Gasteiger partial charge in [0.1, 0.15) is 28.3 Å². The van der Waals surface area contributed by atoms with E-state index in [-0.39, 0.29) is 35.1 Å². The molecule has 0 radical (unpaired) electrons. The lowest BCUT2D eigenvalue weighted by Gasteiger charge is -2.14. The zero-order valence-corrected chi connectivity index (χ0v) is 24.5. The molecule has 4 aromatic heterocycles. The number of ether oxygens (including phenoxy) is 2. The summed E-state index contributed by atoms with van der Waals surface area (Å²) in [5, 5.41) is 6.85. The van der Waals surface area contributed by atoms with Crippen molar-refractivity contribution in [2.45, 2.75) is 13.8 Å². The Hall–Kier alpha value is -6.17. The zero-order valence-electron chi connectivity index (χ0n) is 24.5. The van der Waals surface area contributed by atoms with Crippen molar-refractivity contribution in [2.24, 2.45) is 0 Å². The number of nitrogens with one attached hydrogen (secondary N) is 1. The van der Waals surface area contributed by atoms with Crippen molar-refractivity contribution in [2.75, 3.05) is 11.9 Å². The van der Waals surface area contributed by atoms with Gasteiger partial charge in [-0.2, -0.15) is 5.10 Å². The molecule has 1 N–H and O–H groups in total. The third-order valence-corrected chi connectivity index (χ3v) is 7.04. The van der Waals surface area contributed by atoms with Crippen LogP contribution in [0.2, 0.25) is 0 Å². The van der Waals surface area contributed by atoms with E-state index in [1.807, 2.05) is 0 Å². The van der Waals surface area contributed by atoms with Crippen LogP contribution in [-0.4, -0.2) is 37.5 Å². The Kier molecular flexibility index (Phi) is 8.08. The maximum Gasteiger partial charge on any atom is 0.271 e. The Labute approximate surface area is 260 Å². The number of pyridine rings is 2. The number of hydrogen-bond donors (Lipinski definition) is 1. The zero-order chi connectivity index (χ0) is 32.4. The minimum atomic E-state index is -0.825. The van der Waals surface area contributed by atoms with Gasteiger partial charge < -0.3 is 14.8 Å². The SMILES string of the molecule is CCOc1ccn(-c2ccc(F)cc2)c(=O)c1C(=O)Nc1ccc(Oc2ccnn3ccc(-c4ccnc(C(C)=O)c4)c23)c(F)c1. The molecule has 6 rings (SSSR count). The molecule has 4 heterocycles. The van der Waals surface area contributed by atoms with Crippen molar-refractivity contribution in [3.63, 3.8) is 0 Å². The van der Waals surface area contributed by atoms with Crippen LogP contribution >= 0.6 is 0 Å². The van der Waals surface area contributed by atoms with Crippen LogP contribution in [0.5, 0.6) is 17.2 Å². The van der Waals surface area contributed by atoms with Crippen molar-refractivity contribution in [3.05, 3.63) is 131 Å². The summed E-state index contributed by atoms with van der Waals surface area (Å²) in [6.07, 6.45) is 6.17. The molecule has 0 saturated carbocycles. The third-order valence-electron chi connectivity index (χ3n) is 7.04. The molecule has 6 aromatic rings. The molecule has 0 aliphatic rings. The summed E-state index contributed by atoms with van der Waals surface area (Å²) in [7, 11) is 0. The largest absolute Gasteiger partial charge is 0.493 e. The number of benzene rings is 2. The predicted octanol–water partition coefficient (Wildman–Crippen LogP) is 6.47. The van der Waals surface area contributed by atoms with E-state index < -0.39 is 23.1 Å². The summed E-state index contributed by atoms with van der Waals surface area (Å²) in [5.41, 5.74) is 1.61. The molecule has 0 unspecified atom stereocenters. The highest BCUT2D eigenvalue weighted by molar-refractivity contribution is 6.06. The average Bonchev–Trinajstić information content (AvgIpc) is 3.48. The highest BCUT2D eigenvalue weighted by atomic mass is 19.1. The van der Waals surface area contributed by atoms with Crippen molar-refractivity contribution in [1.82, 2.24) is 19.2 Å². The molecular formula is C34H25F2N5O5. The molecule has 0 spiro atoms. The van der Waals surface area contributed by atoms with Crippen LogP contribution in [0.25, 0.3) is 22.3 Å². The highest BCUT2D eigenvalue weighted by Gasteiger charge is 2.21. The van der Waals surface area contributed by atoms with Crippen LogP contribution in [0.15, 0.2) is 102 Å². The first-order valence-corrected chi connectivity index (χ1v) is 14.1. The minimum absolute atomic E-state index is 0.0399. The molecular weight excluding hydrogens is 596 g/mol. The molecule has 0 saturated heterocycles. The highest BCUT2D eigenvalue weighted by Crippen LogP contribution is 2.35. The van der Waals surface area contributed by atoms with Gasteiger partial charge in [0.25, 0.3) is 11.5 Å². The number of carbonyl (C=O) groups is 2. The molecule has 10 nitrogen and oxygen atoms in total. The van der Waals surface area contributed by atoms with E-state index in [1.165, 1.54) is 72.5 Å². The lowest BCUT2D eigenvalue weighted by Crippen LogP contribution is -2.29. The number of amides is 1. The van der Waals surface area contributed by atoms with Crippen molar-refractivity contribution < 1.29 is 27.8 Å². The molecule has 0 bridgehead atoms. The topological polar surface area (TPSA) is 117 Å². The van der Waals surface area contributed by atoms with E-state index in [9.17, 15) is 18.8 Å². The number of nitrogens with zero attached hydrogens (tertiary/aromatic N) is 4. The molecule has 12 heteroatoms. The van der Waals surface area contributed by atoms with Crippen LogP contribution in [0.4, 0.5) is 14.5 Å². The standard InChI is InChI=1S/C34H25F2N5O5/c1-3-45-29-13-16-40(24-7-4-22(35)5-8-24)34(44)31(29)33(43)39-23-6-9-28(26(36)19-23)46-30-11-15-38-41-17-12-25(32(30)41)21-10-14-37-27(18-21)20(2)42/h4-19H,3H2,1-2H3,(H,39,43). The monoisotopic (exact) mass is 621 g/mol. The molecule has 46 heavy (non-hydrogen) atoms. The first-order valence-electron chi connectivity index (χ1n) is 14.1. The second-order valence-corrected chi connectivity index (χ2v) is 10.0. The lowest BCUT2D eigenvalue weighted by molar-refractivity contribution is 0.100. The van der Waals surface area contributed by atoms with Crippen molar-refractivity contribution in [1.29, 1.82) is 0 Å². The molecule has 0 aliphatic heterocycles. The van der Waals surface area contributed by atoms with E-state index in [0.717, 1.165) is 6.07 Å². The third kappa shape index (κ3) is 5.83. The quantitative estimate of drug-likeness (QED) is 0.184. The number of ketones is 1. The fourth-order valence-corrected chi connectivity index (χ4v) is 4.90. The van der Waals surface area contributed by atoms with Crippen LogP contribution in [0.1, 0.15) is 34.7 Å². The summed E-state index contributed by atoms with van der Waals surface area (Å²) in [4.78, 5) is 42.7. The van der Waals surface area contributed by atoms with Gasteiger partial charge in [-0.05, 0) is 73.2 Å². The normalized spacial score (nSPS) is 11.0. The smallest absolute Gasteiger partial charge is 0.271 e. The molecule has 2 aromatic carbocycles. The van der Waals surface area contributed by atoms with Crippen molar-refractivity contribution in [3.8, 4) is 34.1 Å². The van der Waals surface area contributed by atoms with Crippen LogP contribution in [0, 0.1) is 11.6 Å². The number of hydrogen-bond acceptors (Lipinski definition) is 7. The number of anilines is 1. The van der Waals surface area contributed by atoms with E-state index in [0.29, 0.717) is 33.8 Å². The summed E-state index contributed by atoms with van der Waals surface area (Å²) >= 11 is 0. The number of fused-ring (bicyclic) bond motifs is 1. The first kappa shape index (κ1) is 29.9. The van der Waals surface area contributed by atoms with E-state index in [2.05, 4.69) is 15.4 Å². The maximum absolute atomic E-state index is 15.4. The molecule has 0 fully saturated rings. The fraction of sp³-hybridized carbons (Fsp3) is 0.0882. The molecule has 0 aliphatic carbocycles. The van der Waals surface area contributed by atoms with Gasteiger partial charge in [0, 0.05) is 54.6 Å². The number of aromatic nitrogens is 4. The Morgan fingerprint density at radius 1 is 0.891 bits per heavy atom. The summed E-state index contributed by atoms with van der Waals surface area (Å²) in [5.74, 6) is -2.08. The van der Waals surface area contributed by atoms with E-state index in [4.69, 9.17) is 9.47 Å². The van der Waals surface area contributed by atoms with E-state index in [1.54, 1.807) is 41.9 Å². The maximum atomic E-state index is 15.4. The van der Waals surface area contributed by atoms with Gasteiger partial charge in [-0.25, -0.2) is 13.3 Å². The van der Waals surface area contributed by atoms with Crippen LogP contribution < -0.4 is 20.3 Å². The predicted molar refractivity (Wildman–Crippen MR) is 166 cm³/mol. The average molecular weight is 622 g/mol. The first-order chi connectivity index (χ1) is 22.2. The van der Waals surface area contributed by atoms with Gasteiger partial charge in [-0.1, -0.05) is 0 Å². The molecule has 0 atom stereocenters. The van der Waals surface area contributed by atoms with Gasteiger partial charge >= 0.3 is 0 Å². The summed E-state index contributed by atoms with van der Waals surface area (Å²) in [6, 6.07) is 17.3. The number of rotatable bonds is 9. The Bertz CT molecular complexity index is 2180. The number of Topliss-reactive ketones (excluding diaryl/α,β-unsaturated/α-hetero) is 1. The van der Waals surface area contributed by atoms with Crippen LogP contribution in [-0.2, 0) is 0 Å². The lowest BCUT2D eigenvalue weighted by atomic mass is 10.1. The summed E-state index contributed by atoms with van der Waals surface area (Å²) < 4.78 is 43.1. The van der Waals surface area contributed by atoms with Crippen LogP contribution in [0.3, 0.4) is 0 Å². The number of halogens is 2. The molecule has 230 valence electrons. The Morgan fingerprint density at radius 3 is 2.43 bits per heavy atom. The summed E-state index contributed by atoms with van der Waals surface area (Å²) in [6.45, 7) is 3.32. The van der Waals surface area contributed by atoms with Gasteiger partial charge in [0.2, 0.25) is 0 Å². The second-order valence-electron chi connectivity index (χ2n) is 10.0. The fourth-order valence-electron chi connectivity index (χ4n) is 4.90. The van der Waals surface area contributed by atoms with Gasteiger partial charge in [0.15, 0.2) is 23.1 Å². The van der Waals surface area contributed by atoms with Crippen molar-refractivity contribution >= 4 is 22.9 Å². The Balaban J connectivity index is 1.29. The minimum Gasteiger partial charge on any atom is -0.493 e. The van der Waals surface area contributed by atoms with E-state index >= 15 is 4.39 Å². The second kappa shape index (κ2) is 12.4. The van der Waals surface area contributed by atoms with Gasteiger partial charge in [0.05, 0.1) is 12.8 Å². The van der Waals surface area contributed by atoms with Gasteiger partial charge in [-0.3, -0.25) is 23.9 Å². The number of carbonyl (C=O) groups excluding carboxylic acids is 2. The molecule has 1 amide bonds.